The molecular formula is C28H21BrN2O3. The zero-order chi connectivity index (χ0) is 23.5. The minimum Gasteiger partial charge on any atom is -0.489 e. The molecule has 0 fully saturated rings. The van der Waals surface area contributed by atoms with Gasteiger partial charge in [-0.15, -0.1) is 0 Å². The lowest BCUT2D eigenvalue weighted by Crippen LogP contribution is -2.12. The molecule has 5 nitrogen and oxygen atoms in total. The first kappa shape index (κ1) is 21.9. The van der Waals surface area contributed by atoms with E-state index in [1.807, 2.05) is 79.7 Å². The van der Waals surface area contributed by atoms with Crippen LogP contribution in [-0.2, 0) is 6.61 Å². The molecule has 5 rings (SSSR count). The number of amides is 1. The van der Waals surface area contributed by atoms with Crippen molar-refractivity contribution in [2.24, 2.45) is 0 Å². The van der Waals surface area contributed by atoms with Crippen molar-refractivity contribution in [1.29, 1.82) is 0 Å². The van der Waals surface area contributed by atoms with Gasteiger partial charge in [-0.25, -0.2) is 4.98 Å². The molecule has 1 heterocycles. The number of hydrogen-bond donors (Lipinski definition) is 1. The van der Waals surface area contributed by atoms with E-state index in [4.69, 9.17) is 9.15 Å². The Kier molecular flexibility index (Phi) is 6.14. The lowest BCUT2D eigenvalue weighted by molar-refractivity contribution is 0.102. The molecule has 0 atom stereocenters. The van der Waals surface area contributed by atoms with E-state index in [1.54, 1.807) is 18.2 Å². The molecule has 0 aliphatic carbocycles. The van der Waals surface area contributed by atoms with Crippen LogP contribution < -0.4 is 10.1 Å². The number of ether oxygens (including phenoxy) is 1. The number of carbonyl (C=O) groups is 1. The van der Waals surface area contributed by atoms with E-state index >= 15 is 0 Å². The monoisotopic (exact) mass is 512 g/mol. The molecule has 0 spiro atoms. The molecule has 1 aromatic heterocycles. The zero-order valence-corrected chi connectivity index (χ0v) is 20.0. The van der Waals surface area contributed by atoms with Crippen LogP contribution in [0.3, 0.4) is 0 Å². The zero-order valence-electron chi connectivity index (χ0n) is 18.4. The number of benzene rings is 4. The Morgan fingerprint density at radius 2 is 1.82 bits per heavy atom. The van der Waals surface area contributed by atoms with Crippen molar-refractivity contribution in [3.63, 3.8) is 0 Å². The highest BCUT2D eigenvalue weighted by atomic mass is 79.9. The number of rotatable bonds is 6. The van der Waals surface area contributed by atoms with Gasteiger partial charge in [0.05, 0.1) is 0 Å². The van der Waals surface area contributed by atoms with Gasteiger partial charge in [-0.2, -0.15) is 0 Å². The normalized spacial score (nSPS) is 10.9. The molecule has 168 valence electrons. The van der Waals surface area contributed by atoms with Gasteiger partial charge >= 0.3 is 0 Å². The van der Waals surface area contributed by atoms with Crippen LogP contribution in [0.1, 0.15) is 21.5 Å². The molecule has 1 N–H and O–H groups in total. The van der Waals surface area contributed by atoms with Gasteiger partial charge in [0.2, 0.25) is 5.89 Å². The summed E-state index contributed by atoms with van der Waals surface area (Å²) in [4.78, 5) is 17.5. The number of fused-ring (bicyclic) bond motifs is 1. The maximum Gasteiger partial charge on any atom is 0.255 e. The predicted octanol–water partition coefficient (Wildman–Crippen LogP) is 7.40. The van der Waals surface area contributed by atoms with Crippen molar-refractivity contribution in [3.05, 3.63) is 112 Å². The van der Waals surface area contributed by atoms with Gasteiger partial charge in [0, 0.05) is 21.3 Å². The smallest absolute Gasteiger partial charge is 0.255 e. The topological polar surface area (TPSA) is 64.4 Å². The number of aryl methyl sites for hydroxylation is 1. The van der Waals surface area contributed by atoms with Crippen LogP contribution in [0, 0.1) is 6.92 Å². The molecule has 0 radical (unpaired) electrons. The number of hydrogen-bond acceptors (Lipinski definition) is 4. The van der Waals surface area contributed by atoms with Crippen LogP contribution in [0.5, 0.6) is 5.75 Å². The summed E-state index contributed by atoms with van der Waals surface area (Å²) in [5.74, 6) is 0.951. The lowest BCUT2D eigenvalue weighted by atomic mass is 10.1. The van der Waals surface area contributed by atoms with Crippen LogP contribution in [0.25, 0.3) is 22.6 Å². The molecule has 0 aliphatic heterocycles. The SMILES string of the molecule is Cc1cc(-c2nc3cc(NC(=O)c4cccc(OCc5ccccc5)c4)ccc3o2)ccc1Br. The van der Waals surface area contributed by atoms with E-state index in [9.17, 15) is 4.79 Å². The van der Waals surface area contributed by atoms with E-state index in [-0.39, 0.29) is 5.91 Å². The second-order valence-electron chi connectivity index (χ2n) is 7.92. The van der Waals surface area contributed by atoms with Crippen LogP contribution in [0.15, 0.2) is 99.9 Å². The highest BCUT2D eigenvalue weighted by Crippen LogP contribution is 2.29. The predicted molar refractivity (Wildman–Crippen MR) is 137 cm³/mol. The summed E-state index contributed by atoms with van der Waals surface area (Å²) >= 11 is 3.51. The number of halogens is 1. The maximum absolute atomic E-state index is 12.9. The minimum absolute atomic E-state index is 0.225. The molecule has 5 aromatic rings. The molecule has 1 amide bonds. The van der Waals surface area contributed by atoms with Crippen LogP contribution in [-0.4, -0.2) is 10.9 Å². The quantitative estimate of drug-likeness (QED) is 0.257. The van der Waals surface area contributed by atoms with Crippen molar-refractivity contribution < 1.29 is 13.9 Å². The molecule has 0 saturated carbocycles. The van der Waals surface area contributed by atoms with Gasteiger partial charge in [0.15, 0.2) is 5.58 Å². The van der Waals surface area contributed by atoms with Crippen molar-refractivity contribution in [3.8, 4) is 17.2 Å². The van der Waals surface area contributed by atoms with E-state index in [1.165, 1.54) is 0 Å². The first-order valence-electron chi connectivity index (χ1n) is 10.8. The Morgan fingerprint density at radius 1 is 0.971 bits per heavy atom. The van der Waals surface area contributed by atoms with Gasteiger partial charge in [0.1, 0.15) is 17.9 Å². The summed E-state index contributed by atoms with van der Waals surface area (Å²) in [6, 6.07) is 28.4. The molecule has 0 bridgehead atoms. The summed E-state index contributed by atoms with van der Waals surface area (Å²) in [7, 11) is 0. The molecule has 0 unspecified atom stereocenters. The van der Waals surface area contributed by atoms with Crippen molar-refractivity contribution >= 4 is 38.6 Å². The average molecular weight is 513 g/mol. The van der Waals surface area contributed by atoms with Crippen LogP contribution in [0.4, 0.5) is 5.69 Å². The standard InChI is InChI=1S/C28H21BrN2O3/c1-18-14-21(10-12-24(18)29)28-31-25-16-22(11-13-26(25)34-28)30-27(32)20-8-5-9-23(15-20)33-17-19-6-3-2-4-7-19/h2-16H,17H2,1H3,(H,30,32). The Balaban J connectivity index is 1.31. The Labute approximate surface area is 205 Å². The highest BCUT2D eigenvalue weighted by Gasteiger charge is 2.12. The number of carbonyl (C=O) groups excluding carboxylic acids is 1. The second-order valence-corrected chi connectivity index (χ2v) is 8.78. The number of anilines is 1. The first-order chi connectivity index (χ1) is 16.5. The Morgan fingerprint density at radius 3 is 2.65 bits per heavy atom. The third-order valence-electron chi connectivity index (χ3n) is 5.39. The third kappa shape index (κ3) is 4.87. The maximum atomic E-state index is 12.9. The van der Waals surface area contributed by atoms with Gasteiger partial charge in [0.25, 0.3) is 5.91 Å². The van der Waals surface area contributed by atoms with Gasteiger partial charge in [-0.3, -0.25) is 4.79 Å². The third-order valence-corrected chi connectivity index (χ3v) is 6.28. The molecule has 6 heteroatoms. The fourth-order valence-corrected chi connectivity index (χ4v) is 3.82. The second kappa shape index (κ2) is 9.53. The van der Waals surface area contributed by atoms with Crippen molar-refractivity contribution in [2.75, 3.05) is 5.32 Å². The highest BCUT2D eigenvalue weighted by molar-refractivity contribution is 9.10. The molecular weight excluding hydrogens is 492 g/mol. The fraction of sp³-hybridized carbons (Fsp3) is 0.0714. The van der Waals surface area contributed by atoms with Crippen molar-refractivity contribution in [2.45, 2.75) is 13.5 Å². The fourth-order valence-electron chi connectivity index (χ4n) is 3.58. The first-order valence-corrected chi connectivity index (χ1v) is 11.6. The summed E-state index contributed by atoms with van der Waals surface area (Å²) in [5, 5.41) is 2.93. The number of oxazole rings is 1. The summed E-state index contributed by atoms with van der Waals surface area (Å²) < 4.78 is 12.8. The molecule has 4 aromatic carbocycles. The molecule has 34 heavy (non-hydrogen) atoms. The largest absolute Gasteiger partial charge is 0.489 e. The Hall–Kier alpha value is -3.90. The summed E-state index contributed by atoms with van der Waals surface area (Å²) in [6.45, 7) is 2.46. The number of nitrogens with one attached hydrogen (secondary N) is 1. The van der Waals surface area contributed by atoms with E-state index in [0.29, 0.717) is 40.6 Å². The Bertz CT molecular complexity index is 1480. The van der Waals surface area contributed by atoms with E-state index < -0.39 is 0 Å². The number of aromatic nitrogens is 1. The van der Waals surface area contributed by atoms with E-state index in [2.05, 4.69) is 26.2 Å². The van der Waals surface area contributed by atoms with Crippen LogP contribution >= 0.6 is 15.9 Å². The molecule has 0 aliphatic rings. The van der Waals surface area contributed by atoms with Gasteiger partial charge < -0.3 is 14.5 Å². The molecule has 0 saturated heterocycles. The van der Waals surface area contributed by atoms with Gasteiger partial charge in [-0.05, 0) is 72.6 Å². The minimum atomic E-state index is -0.225. The number of nitrogens with zero attached hydrogens (tertiary/aromatic N) is 1. The lowest BCUT2D eigenvalue weighted by Gasteiger charge is -2.09. The summed E-state index contributed by atoms with van der Waals surface area (Å²) in [6.07, 6.45) is 0. The van der Waals surface area contributed by atoms with Gasteiger partial charge in [-0.1, -0.05) is 52.3 Å². The summed E-state index contributed by atoms with van der Waals surface area (Å²) in [5.41, 5.74) is 5.54. The average Bonchev–Trinajstić information content (AvgIpc) is 3.29. The van der Waals surface area contributed by atoms with Crippen LogP contribution in [0.2, 0.25) is 0 Å². The van der Waals surface area contributed by atoms with E-state index in [0.717, 1.165) is 21.2 Å². The van der Waals surface area contributed by atoms with Crippen molar-refractivity contribution in [1.82, 2.24) is 4.98 Å².